The standard InChI is InChI=1S/C24H29N3O2/c1-17-14-18(2)16-21(15-17)25-23(28)22(19-6-4-3-5-7-19)26-10-12-27(13-11-26)24(29)20-8-9-20/h3-7,14-16,20,22H,8-13H2,1-2H3,(H,25,28)/t22-/m1/s1. The molecule has 1 N–H and O–H groups in total. The summed E-state index contributed by atoms with van der Waals surface area (Å²) >= 11 is 0. The van der Waals surface area contributed by atoms with Gasteiger partial charge >= 0.3 is 0 Å². The summed E-state index contributed by atoms with van der Waals surface area (Å²) in [6.45, 7) is 6.86. The molecular weight excluding hydrogens is 362 g/mol. The number of benzene rings is 2. The SMILES string of the molecule is Cc1cc(C)cc(NC(=O)[C@@H](c2ccccc2)N2CCN(C(=O)C3CC3)CC2)c1. The van der Waals surface area contributed by atoms with Crippen LogP contribution in [0, 0.1) is 19.8 Å². The number of aryl methyl sites for hydroxylation is 2. The highest BCUT2D eigenvalue weighted by Crippen LogP contribution is 2.32. The molecule has 2 aromatic carbocycles. The molecule has 1 saturated carbocycles. The minimum Gasteiger partial charge on any atom is -0.340 e. The monoisotopic (exact) mass is 391 g/mol. The van der Waals surface area contributed by atoms with E-state index in [-0.39, 0.29) is 17.9 Å². The van der Waals surface area contributed by atoms with Crippen LogP contribution in [0.1, 0.15) is 35.6 Å². The van der Waals surface area contributed by atoms with E-state index in [1.807, 2.05) is 61.2 Å². The minimum absolute atomic E-state index is 0.0248. The van der Waals surface area contributed by atoms with Crippen LogP contribution in [0.15, 0.2) is 48.5 Å². The Bertz CT molecular complexity index is 864. The van der Waals surface area contributed by atoms with Crippen molar-refractivity contribution in [2.75, 3.05) is 31.5 Å². The molecule has 1 aliphatic heterocycles. The zero-order chi connectivity index (χ0) is 20.4. The van der Waals surface area contributed by atoms with Crippen molar-refractivity contribution in [3.63, 3.8) is 0 Å². The van der Waals surface area contributed by atoms with Gasteiger partial charge in [0, 0.05) is 37.8 Å². The van der Waals surface area contributed by atoms with E-state index >= 15 is 0 Å². The minimum atomic E-state index is -0.366. The maximum absolute atomic E-state index is 13.3. The second kappa shape index (κ2) is 8.37. The van der Waals surface area contributed by atoms with Crippen LogP contribution in [0.3, 0.4) is 0 Å². The first-order chi connectivity index (χ1) is 14.0. The van der Waals surface area contributed by atoms with Gasteiger partial charge in [-0.3, -0.25) is 14.5 Å². The predicted octanol–water partition coefficient (Wildman–Crippen LogP) is 3.54. The summed E-state index contributed by atoms with van der Waals surface area (Å²) in [5, 5.41) is 3.12. The Morgan fingerprint density at radius 1 is 0.931 bits per heavy atom. The molecule has 1 saturated heterocycles. The Balaban J connectivity index is 1.51. The lowest BCUT2D eigenvalue weighted by molar-refractivity contribution is -0.135. The molecule has 4 rings (SSSR count). The molecule has 1 aliphatic carbocycles. The van der Waals surface area contributed by atoms with Crippen LogP contribution in [0.5, 0.6) is 0 Å². The summed E-state index contributed by atoms with van der Waals surface area (Å²) < 4.78 is 0. The molecule has 2 aliphatic rings. The quantitative estimate of drug-likeness (QED) is 0.848. The van der Waals surface area contributed by atoms with Crippen molar-refractivity contribution >= 4 is 17.5 Å². The number of rotatable bonds is 5. The van der Waals surface area contributed by atoms with Crippen LogP contribution in [0.25, 0.3) is 0 Å². The van der Waals surface area contributed by atoms with E-state index in [0.717, 1.165) is 35.2 Å². The molecule has 0 radical (unpaired) electrons. The Labute approximate surface area is 172 Å². The average molecular weight is 392 g/mol. The van der Waals surface area contributed by atoms with Crippen molar-refractivity contribution < 1.29 is 9.59 Å². The molecule has 5 nitrogen and oxygen atoms in total. The largest absolute Gasteiger partial charge is 0.340 e. The lowest BCUT2D eigenvalue weighted by atomic mass is 10.0. The zero-order valence-corrected chi connectivity index (χ0v) is 17.2. The van der Waals surface area contributed by atoms with E-state index in [1.54, 1.807) is 0 Å². The summed E-state index contributed by atoms with van der Waals surface area (Å²) in [7, 11) is 0. The van der Waals surface area contributed by atoms with Gasteiger partial charge in [-0.05, 0) is 55.5 Å². The number of hydrogen-bond donors (Lipinski definition) is 1. The molecule has 5 heteroatoms. The number of hydrogen-bond acceptors (Lipinski definition) is 3. The molecule has 0 spiro atoms. The number of carbonyl (C=O) groups excluding carboxylic acids is 2. The smallest absolute Gasteiger partial charge is 0.246 e. The highest BCUT2D eigenvalue weighted by molar-refractivity contribution is 5.95. The van der Waals surface area contributed by atoms with E-state index in [1.165, 1.54) is 0 Å². The molecule has 1 atom stereocenters. The molecule has 152 valence electrons. The molecule has 2 aromatic rings. The maximum Gasteiger partial charge on any atom is 0.246 e. The van der Waals surface area contributed by atoms with Crippen LogP contribution in [-0.4, -0.2) is 47.8 Å². The number of amides is 2. The third-order valence-electron chi connectivity index (χ3n) is 5.77. The summed E-state index contributed by atoms with van der Waals surface area (Å²) in [5.41, 5.74) is 4.07. The van der Waals surface area contributed by atoms with Gasteiger partial charge in [-0.15, -0.1) is 0 Å². The molecular formula is C24H29N3O2. The van der Waals surface area contributed by atoms with E-state index in [4.69, 9.17) is 0 Å². The first kappa shape index (κ1) is 19.6. The number of carbonyl (C=O) groups is 2. The Kier molecular flexibility index (Phi) is 5.67. The van der Waals surface area contributed by atoms with Gasteiger partial charge in [0.25, 0.3) is 0 Å². The summed E-state index contributed by atoms with van der Waals surface area (Å²) in [4.78, 5) is 29.9. The Morgan fingerprint density at radius 3 is 2.14 bits per heavy atom. The van der Waals surface area contributed by atoms with Gasteiger partial charge in [0.1, 0.15) is 6.04 Å². The molecule has 0 aromatic heterocycles. The fraction of sp³-hybridized carbons (Fsp3) is 0.417. The van der Waals surface area contributed by atoms with Gasteiger partial charge in [0.2, 0.25) is 11.8 Å². The number of nitrogens with one attached hydrogen (secondary N) is 1. The van der Waals surface area contributed by atoms with E-state index < -0.39 is 0 Å². The van der Waals surface area contributed by atoms with Crippen molar-refractivity contribution in [3.8, 4) is 0 Å². The van der Waals surface area contributed by atoms with E-state index in [9.17, 15) is 9.59 Å². The molecule has 0 bridgehead atoms. The van der Waals surface area contributed by atoms with Crippen LogP contribution < -0.4 is 5.32 Å². The van der Waals surface area contributed by atoms with Crippen molar-refractivity contribution in [2.45, 2.75) is 32.7 Å². The Morgan fingerprint density at radius 2 is 1.55 bits per heavy atom. The van der Waals surface area contributed by atoms with Crippen LogP contribution >= 0.6 is 0 Å². The molecule has 2 amide bonds. The summed E-state index contributed by atoms with van der Waals surface area (Å²) in [5.74, 6) is 0.517. The molecule has 1 heterocycles. The van der Waals surface area contributed by atoms with Gasteiger partial charge in [0.05, 0.1) is 0 Å². The molecule has 2 fully saturated rings. The van der Waals surface area contributed by atoms with Gasteiger partial charge in [-0.25, -0.2) is 0 Å². The number of anilines is 1. The summed E-state index contributed by atoms with van der Waals surface area (Å²) in [6, 6.07) is 15.7. The van der Waals surface area contributed by atoms with Crippen LogP contribution in [-0.2, 0) is 9.59 Å². The van der Waals surface area contributed by atoms with Crippen molar-refractivity contribution in [1.82, 2.24) is 9.80 Å². The highest BCUT2D eigenvalue weighted by atomic mass is 16.2. The first-order valence-electron chi connectivity index (χ1n) is 10.5. The van der Waals surface area contributed by atoms with Gasteiger partial charge < -0.3 is 10.2 Å². The third-order valence-corrected chi connectivity index (χ3v) is 5.77. The number of nitrogens with zero attached hydrogens (tertiary/aromatic N) is 2. The highest BCUT2D eigenvalue weighted by Gasteiger charge is 2.36. The Hall–Kier alpha value is -2.66. The maximum atomic E-state index is 13.3. The first-order valence-corrected chi connectivity index (χ1v) is 10.5. The van der Waals surface area contributed by atoms with Crippen molar-refractivity contribution in [1.29, 1.82) is 0 Å². The van der Waals surface area contributed by atoms with Gasteiger partial charge in [-0.1, -0.05) is 36.4 Å². The zero-order valence-electron chi connectivity index (χ0n) is 17.2. The van der Waals surface area contributed by atoms with Crippen molar-refractivity contribution in [3.05, 3.63) is 65.2 Å². The predicted molar refractivity (Wildman–Crippen MR) is 115 cm³/mol. The second-order valence-electron chi connectivity index (χ2n) is 8.31. The number of piperazine rings is 1. The lowest BCUT2D eigenvalue weighted by Crippen LogP contribution is -2.52. The van der Waals surface area contributed by atoms with Gasteiger partial charge in [-0.2, -0.15) is 0 Å². The summed E-state index contributed by atoms with van der Waals surface area (Å²) in [6.07, 6.45) is 2.06. The molecule has 0 unspecified atom stereocenters. The average Bonchev–Trinajstić information content (AvgIpc) is 3.53. The van der Waals surface area contributed by atoms with E-state index in [0.29, 0.717) is 32.1 Å². The lowest BCUT2D eigenvalue weighted by Gasteiger charge is -2.39. The second-order valence-corrected chi connectivity index (χ2v) is 8.31. The fourth-order valence-electron chi connectivity index (χ4n) is 4.21. The topological polar surface area (TPSA) is 52.7 Å². The van der Waals surface area contributed by atoms with Crippen LogP contribution in [0.2, 0.25) is 0 Å². The third kappa shape index (κ3) is 4.67. The molecule has 29 heavy (non-hydrogen) atoms. The fourth-order valence-corrected chi connectivity index (χ4v) is 4.21. The van der Waals surface area contributed by atoms with Crippen LogP contribution in [0.4, 0.5) is 5.69 Å². The van der Waals surface area contributed by atoms with Gasteiger partial charge in [0.15, 0.2) is 0 Å². The normalized spacial score (nSPS) is 18.3. The van der Waals surface area contributed by atoms with E-state index in [2.05, 4.69) is 16.3 Å². The van der Waals surface area contributed by atoms with Crippen molar-refractivity contribution in [2.24, 2.45) is 5.92 Å².